The van der Waals surface area contributed by atoms with Gasteiger partial charge < -0.3 is 25.4 Å². The number of aromatic nitrogens is 3. The van der Waals surface area contributed by atoms with Crippen molar-refractivity contribution < 1.29 is 9.84 Å². The van der Waals surface area contributed by atoms with Crippen LogP contribution in [0.2, 0.25) is 0 Å². The van der Waals surface area contributed by atoms with Crippen LogP contribution in [-0.2, 0) is 18.4 Å². The Morgan fingerprint density at radius 3 is 2.89 bits per heavy atom. The quantitative estimate of drug-likeness (QED) is 0.481. The van der Waals surface area contributed by atoms with Gasteiger partial charge in [-0.25, -0.2) is 15.0 Å². The first-order chi connectivity index (χ1) is 17.3. The van der Waals surface area contributed by atoms with Crippen molar-refractivity contribution in [2.24, 2.45) is 0 Å². The summed E-state index contributed by atoms with van der Waals surface area (Å²) >= 11 is 0. The van der Waals surface area contributed by atoms with Crippen molar-refractivity contribution in [1.29, 1.82) is 5.26 Å². The molecule has 0 fully saturated rings. The molecule has 1 atom stereocenters. The maximum absolute atomic E-state index is 10.0. The number of nitrogens with zero attached hydrogens (tertiary/aromatic N) is 5. The molecule has 2 aliphatic rings. The molecule has 0 spiro atoms. The van der Waals surface area contributed by atoms with Gasteiger partial charge in [-0.3, -0.25) is 0 Å². The van der Waals surface area contributed by atoms with E-state index in [1.807, 2.05) is 39.0 Å². The number of fused-ring (bicyclic) bond motifs is 2. The average Bonchev–Trinajstić information content (AvgIpc) is 3.21. The fourth-order valence-electron chi connectivity index (χ4n) is 4.76. The van der Waals surface area contributed by atoms with Gasteiger partial charge in [-0.15, -0.1) is 0 Å². The number of pyridine rings is 1. The van der Waals surface area contributed by atoms with Crippen LogP contribution in [-0.4, -0.2) is 57.8 Å². The van der Waals surface area contributed by atoms with E-state index < -0.39 is 5.41 Å². The van der Waals surface area contributed by atoms with Crippen molar-refractivity contribution in [3.63, 3.8) is 0 Å². The Morgan fingerprint density at radius 2 is 2.14 bits per heavy atom. The molecule has 186 valence electrons. The second kappa shape index (κ2) is 9.37. The molecule has 0 saturated heterocycles. The second-order valence-corrected chi connectivity index (χ2v) is 10.1. The van der Waals surface area contributed by atoms with Crippen LogP contribution in [0.15, 0.2) is 30.5 Å². The first-order valence-electron chi connectivity index (χ1n) is 12.2. The predicted molar refractivity (Wildman–Crippen MR) is 138 cm³/mol. The first kappa shape index (κ1) is 24.0. The maximum Gasteiger partial charge on any atom is 0.238 e. The number of nitriles is 1. The topological polar surface area (TPSA) is 119 Å². The molecule has 3 N–H and O–H groups in total. The number of likely N-dealkylation sites (N-methyl/N-ethyl adjacent to an activating group) is 1. The van der Waals surface area contributed by atoms with E-state index in [1.54, 1.807) is 6.20 Å². The zero-order chi connectivity index (χ0) is 25.4. The Labute approximate surface area is 211 Å². The number of hydrogen-bond donors (Lipinski definition) is 3. The lowest BCUT2D eigenvalue weighted by Gasteiger charge is -2.26. The zero-order valence-corrected chi connectivity index (χ0v) is 21.1. The highest BCUT2D eigenvalue weighted by Crippen LogP contribution is 2.41. The summed E-state index contributed by atoms with van der Waals surface area (Å²) in [6.45, 7) is 8.29. The van der Waals surface area contributed by atoms with E-state index in [9.17, 15) is 10.4 Å². The Hall–Kier alpha value is -3.74. The van der Waals surface area contributed by atoms with E-state index >= 15 is 0 Å². The minimum Gasteiger partial charge on any atom is -0.473 e. The summed E-state index contributed by atoms with van der Waals surface area (Å²) in [4.78, 5) is 16.3. The predicted octanol–water partition coefficient (Wildman–Crippen LogP) is 3.60. The molecule has 0 amide bonds. The highest BCUT2D eigenvalue weighted by atomic mass is 16.5. The Balaban J connectivity index is 1.52. The molecule has 36 heavy (non-hydrogen) atoms. The average molecular weight is 486 g/mol. The Bertz CT molecular complexity index is 1350. The van der Waals surface area contributed by atoms with Gasteiger partial charge in [0, 0.05) is 43.2 Å². The fourth-order valence-corrected chi connectivity index (χ4v) is 4.76. The van der Waals surface area contributed by atoms with E-state index in [4.69, 9.17) is 14.7 Å². The number of nitrogens with one attached hydrogen (secondary N) is 2. The molecule has 4 heterocycles. The first-order valence-corrected chi connectivity index (χ1v) is 12.2. The van der Waals surface area contributed by atoms with Crippen LogP contribution < -0.4 is 15.4 Å². The summed E-state index contributed by atoms with van der Waals surface area (Å²) in [6.07, 6.45) is 2.55. The number of aliphatic hydroxyl groups excluding tert-OH is 1. The van der Waals surface area contributed by atoms with Gasteiger partial charge in [0.2, 0.25) is 11.8 Å². The minimum atomic E-state index is -0.462. The van der Waals surface area contributed by atoms with Crippen molar-refractivity contribution in [2.45, 2.75) is 45.3 Å². The lowest BCUT2D eigenvalue weighted by atomic mass is 9.83. The van der Waals surface area contributed by atoms with Crippen molar-refractivity contribution in [2.75, 3.05) is 37.4 Å². The van der Waals surface area contributed by atoms with Crippen LogP contribution in [0, 0.1) is 11.3 Å². The molecule has 3 aromatic rings. The third-order valence-corrected chi connectivity index (χ3v) is 6.79. The van der Waals surface area contributed by atoms with Crippen LogP contribution in [0.4, 0.5) is 17.3 Å². The summed E-state index contributed by atoms with van der Waals surface area (Å²) in [5.74, 6) is 0.950. The standard InChI is InChI=1S/C27H31N7O2/c1-16(2)36-25-23(11-19-13-34(4)8-6-22(19)31-25)33-26-29-7-5-21(32-26)17-9-18(12-28)24-20(10-17)27(3,15-35)14-30-24/h5,7,9-11,16,30,35H,6,8,13-15H2,1-4H3,(H,29,32,33)/t27-/m1/s1. The molecule has 0 saturated carbocycles. The largest absolute Gasteiger partial charge is 0.473 e. The molecule has 2 aliphatic heterocycles. The molecule has 0 bridgehead atoms. The number of aliphatic hydroxyl groups is 1. The third kappa shape index (κ3) is 4.45. The zero-order valence-electron chi connectivity index (χ0n) is 21.1. The van der Waals surface area contributed by atoms with E-state index in [2.05, 4.69) is 39.7 Å². The molecule has 9 nitrogen and oxygen atoms in total. The van der Waals surface area contributed by atoms with Crippen LogP contribution in [0.25, 0.3) is 11.3 Å². The number of hydrogen-bond acceptors (Lipinski definition) is 9. The molecular formula is C27H31N7O2. The number of rotatable bonds is 6. The van der Waals surface area contributed by atoms with Crippen LogP contribution in [0.3, 0.4) is 0 Å². The summed E-state index contributed by atoms with van der Waals surface area (Å²) < 4.78 is 6.03. The van der Waals surface area contributed by atoms with Gasteiger partial charge in [0.05, 0.1) is 35.3 Å². The van der Waals surface area contributed by atoms with Gasteiger partial charge in [-0.2, -0.15) is 5.26 Å². The molecule has 0 radical (unpaired) electrons. The molecular weight excluding hydrogens is 454 g/mol. The van der Waals surface area contributed by atoms with E-state index in [0.29, 0.717) is 29.6 Å². The summed E-state index contributed by atoms with van der Waals surface area (Å²) in [5, 5.41) is 26.4. The number of benzene rings is 1. The molecule has 0 unspecified atom stereocenters. The Morgan fingerprint density at radius 1 is 1.31 bits per heavy atom. The van der Waals surface area contributed by atoms with Crippen molar-refractivity contribution in [1.82, 2.24) is 19.9 Å². The Kier molecular flexibility index (Phi) is 6.24. The van der Waals surface area contributed by atoms with Crippen molar-refractivity contribution in [3.8, 4) is 23.2 Å². The molecule has 1 aromatic carbocycles. The smallest absolute Gasteiger partial charge is 0.238 e. The number of anilines is 3. The summed E-state index contributed by atoms with van der Waals surface area (Å²) in [6, 6.07) is 10.0. The second-order valence-electron chi connectivity index (χ2n) is 10.1. The highest BCUT2D eigenvalue weighted by Gasteiger charge is 2.36. The summed E-state index contributed by atoms with van der Waals surface area (Å²) in [7, 11) is 2.10. The SMILES string of the molecule is CC(C)Oc1nc2c(cc1Nc1nccc(-c3cc(C#N)c4c(c3)[C@@](C)(CO)CN4)n1)CN(C)CC2. The van der Waals surface area contributed by atoms with E-state index in [1.165, 1.54) is 0 Å². The highest BCUT2D eigenvalue weighted by molar-refractivity contribution is 5.76. The van der Waals surface area contributed by atoms with Crippen LogP contribution in [0.5, 0.6) is 5.88 Å². The van der Waals surface area contributed by atoms with Gasteiger partial charge in [0.25, 0.3) is 0 Å². The molecule has 0 aliphatic carbocycles. The van der Waals surface area contributed by atoms with Crippen molar-refractivity contribution >= 4 is 17.3 Å². The molecule has 9 heteroatoms. The molecule has 5 rings (SSSR count). The van der Waals surface area contributed by atoms with Gasteiger partial charge in [-0.05, 0) is 56.3 Å². The lowest BCUT2D eigenvalue weighted by Crippen LogP contribution is -2.28. The summed E-state index contributed by atoms with van der Waals surface area (Å²) in [5.41, 5.74) is 6.18. The van der Waals surface area contributed by atoms with Crippen LogP contribution in [0.1, 0.15) is 43.2 Å². The van der Waals surface area contributed by atoms with Gasteiger partial charge in [0.15, 0.2) is 0 Å². The number of ether oxygens (including phenoxy) is 1. The van der Waals surface area contributed by atoms with E-state index in [0.717, 1.165) is 53.3 Å². The van der Waals surface area contributed by atoms with Gasteiger partial charge in [0.1, 0.15) is 11.8 Å². The molecule has 2 aromatic heterocycles. The monoisotopic (exact) mass is 485 g/mol. The lowest BCUT2D eigenvalue weighted by molar-refractivity contribution is 0.219. The minimum absolute atomic E-state index is 0.0168. The van der Waals surface area contributed by atoms with E-state index in [-0.39, 0.29) is 12.7 Å². The van der Waals surface area contributed by atoms with Gasteiger partial charge >= 0.3 is 0 Å². The van der Waals surface area contributed by atoms with Gasteiger partial charge in [-0.1, -0.05) is 6.92 Å². The fraction of sp³-hybridized carbons (Fsp3) is 0.407. The maximum atomic E-state index is 10.0. The van der Waals surface area contributed by atoms with Crippen molar-refractivity contribution in [3.05, 3.63) is 52.8 Å². The normalized spacial score (nSPS) is 18.8. The van der Waals surface area contributed by atoms with Crippen LogP contribution >= 0.6 is 0 Å². The third-order valence-electron chi connectivity index (χ3n) is 6.79.